The van der Waals surface area contributed by atoms with Gasteiger partial charge in [-0.1, -0.05) is 9.70 Å². The Labute approximate surface area is 145 Å². The van der Waals surface area contributed by atoms with Crippen molar-refractivity contribution in [3.63, 3.8) is 0 Å². The first kappa shape index (κ1) is 18.5. The van der Waals surface area contributed by atoms with Crippen LogP contribution in [-0.2, 0) is 16.1 Å². The Balaban J connectivity index is 2.75. The molecule has 1 aromatic carbocycles. The maximum atomic E-state index is 11.3. The molecule has 1 aromatic heterocycles. The van der Waals surface area contributed by atoms with Crippen LogP contribution in [0.2, 0.25) is 0 Å². The second-order valence-electron chi connectivity index (χ2n) is 4.39. The molecule has 2 aromatic rings. The SMILES string of the molecule is COC(=O)Cn1nnsc1=Nc1c([N+](=O)[O-])cc([N+](=O)[O-])cc1[N+](=O)[O-]. The van der Waals surface area contributed by atoms with Crippen LogP contribution in [0.1, 0.15) is 0 Å². The number of methoxy groups -OCH3 is 1. The highest BCUT2D eigenvalue weighted by Gasteiger charge is 2.30. The second kappa shape index (κ2) is 7.38. The van der Waals surface area contributed by atoms with Crippen LogP contribution in [0, 0.1) is 30.3 Å². The summed E-state index contributed by atoms with van der Waals surface area (Å²) in [6.45, 7) is -0.444. The van der Waals surface area contributed by atoms with Gasteiger partial charge in [0.25, 0.3) is 5.69 Å². The van der Waals surface area contributed by atoms with Crippen molar-refractivity contribution < 1.29 is 24.3 Å². The minimum absolute atomic E-state index is 0.185. The van der Waals surface area contributed by atoms with E-state index in [0.717, 1.165) is 11.8 Å². The van der Waals surface area contributed by atoms with E-state index in [0.29, 0.717) is 23.7 Å². The van der Waals surface area contributed by atoms with Gasteiger partial charge < -0.3 is 4.74 Å². The number of aromatic nitrogens is 3. The van der Waals surface area contributed by atoms with Crippen LogP contribution in [0.4, 0.5) is 22.7 Å². The van der Waals surface area contributed by atoms with Crippen LogP contribution in [0.25, 0.3) is 0 Å². The van der Waals surface area contributed by atoms with Crippen LogP contribution in [0.15, 0.2) is 17.1 Å². The Bertz CT molecular complexity index is 945. The fourth-order valence-corrected chi connectivity index (χ4v) is 2.26. The summed E-state index contributed by atoms with van der Waals surface area (Å²) in [6, 6.07) is 1.09. The van der Waals surface area contributed by atoms with Gasteiger partial charge in [-0.15, -0.1) is 0 Å². The first-order chi connectivity index (χ1) is 12.2. The minimum Gasteiger partial charge on any atom is -0.468 e. The maximum absolute atomic E-state index is 11.3. The largest absolute Gasteiger partial charge is 0.468 e. The lowest BCUT2D eigenvalue weighted by molar-refractivity contribution is -0.402. The van der Waals surface area contributed by atoms with E-state index >= 15 is 0 Å². The van der Waals surface area contributed by atoms with E-state index in [-0.39, 0.29) is 4.80 Å². The van der Waals surface area contributed by atoms with Gasteiger partial charge in [-0.05, 0) is 0 Å². The van der Waals surface area contributed by atoms with Crippen molar-refractivity contribution in [2.75, 3.05) is 7.11 Å². The Hall–Kier alpha value is -3.82. The van der Waals surface area contributed by atoms with Gasteiger partial charge in [0.1, 0.15) is 6.54 Å². The number of esters is 1. The minimum atomic E-state index is -1.04. The first-order valence-electron chi connectivity index (χ1n) is 6.36. The average molecular weight is 385 g/mol. The Kier molecular flexibility index (Phi) is 5.26. The van der Waals surface area contributed by atoms with Crippen LogP contribution in [0.3, 0.4) is 0 Å². The molecule has 0 unspecified atom stereocenters. The number of hydrogen-bond acceptors (Lipinski definition) is 12. The molecule has 0 fully saturated rings. The number of rotatable bonds is 6. The van der Waals surface area contributed by atoms with E-state index in [9.17, 15) is 35.1 Å². The van der Waals surface area contributed by atoms with Crippen molar-refractivity contribution >= 4 is 40.3 Å². The van der Waals surface area contributed by atoms with Crippen molar-refractivity contribution in [3.8, 4) is 0 Å². The number of carbonyl (C=O) groups excluding carboxylic acids is 1. The van der Waals surface area contributed by atoms with Gasteiger partial charge in [0.2, 0.25) is 10.5 Å². The van der Waals surface area contributed by atoms with Crippen LogP contribution in [-0.4, -0.2) is 42.2 Å². The monoisotopic (exact) mass is 385 g/mol. The molecule has 0 radical (unpaired) electrons. The van der Waals surface area contributed by atoms with Crippen molar-refractivity contribution in [1.29, 1.82) is 0 Å². The number of nitro groups is 3. The highest BCUT2D eigenvalue weighted by atomic mass is 32.1. The van der Waals surface area contributed by atoms with Gasteiger partial charge in [0.15, 0.2) is 0 Å². The molecule has 0 saturated heterocycles. The van der Waals surface area contributed by atoms with E-state index < -0.39 is 50.0 Å². The van der Waals surface area contributed by atoms with E-state index in [2.05, 4.69) is 19.4 Å². The molecular weight excluding hydrogens is 378 g/mol. The summed E-state index contributed by atoms with van der Waals surface area (Å²) in [7, 11) is 1.12. The standard InChI is InChI=1S/C10H7N7O8S/c1-25-8(18)4-14-10(26-13-12-14)11-9-6(16(21)22)2-5(15(19)20)3-7(9)17(23)24/h2-3H,4H2,1H3. The van der Waals surface area contributed by atoms with Gasteiger partial charge in [0.05, 0.1) is 34.0 Å². The number of nitrogens with zero attached hydrogens (tertiary/aromatic N) is 7. The summed E-state index contributed by atoms with van der Waals surface area (Å²) in [6.07, 6.45) is 0. The average Bonchev–Trinajstić information content (AvgIpc) is 3.00. The molecule has 0 saturated carbocycles. The summed E-state index contributed by atoms with van der Waals surface area (Å²) in [5, 5.41) is 36.8. The quantitative estimate of drug-likeness (QED) is 0.382. The smallest absolute Gasteiger partial charge is 0.327 e. The number of ether oxygens (including phenoxy) is 1. The number of hydrogen-bond donors (Lipinski definition) is 0. The molecule has 0 bridgehead atoms. The number of non-ortho nitro benzene ring substituents is 1. The number of carbonyl (C=O) groups is 1. The second-order valence-corrected chi connectivity index (χ2v) is 5.11. The predicted molar refractivity (Wildman–Crippen MR) is 81.5 cm³/mol. The fraction of sp³-hybridized carbons (Fsp3) is 0.200. The first-order valence-corrected chi connectivity index (χ1v) is 7.14. The van der Waals surface area contributed by atoms with E-state index in [1.165, 1.54) is 0 Å². The van der Waals surface area contributed by atoms with Crippen LogP contribution >= 0.6 is 11.5 Å². The summed E-state index contributed by atoms with van der Waals surface area (Å²) < 4.78 is 8.85. The predicted octanol–water partition coefficient (Wildman–Crippen LogP) is 0.470. The third-order valence-electron chi connectivity index (χ3n) is 2.86. The van der Waals surface area contributed by atoms with E-state index in [1.807, 2.05) is 0 Å². The highest BCUT2D eigenvalue weighted by molar-refractivity contribution is 7.02. The molecule has 0 aliphatic heterocycles. The summed E-state index contributed by atoms with van der Waals surface area (Å²) in [5.74, 6) is -0.730. The maximum Gasteiger partial charge on any atom is 0.327 e. The topological polar surface area (TPSA) is 199 Å². The third kappa shape index (κ3) is 3.80. The lowest BCUT2D eigenvalue weighted by Gasteiger charge is -2.01. The Morgan fingerprint density at radius 3 is 2.23 bits per heavy atom. The van der Waals surface area contributed by atoms with Gasteiger partial charge >= 0.3 is 17.3 Å². The zero-order valence-electron chi connectivity index (χ0n) is 12.7. The van der Waals surface area contributed by atoms with Crippen molar-refractivity contribution in [3.05, 3.63) is 47.3 Å². The van der Waals surface area contributed by atoms with Crippen molar-refractivity contribution in [2.24, 2.45) is 4.99 Å². The molecule has 2 rings (SSSR count). The third-order valence-corrected chi connectivity index (χ3v) is 3.48. The van der Waals surface area contributed by atoms with Crippen molar-refractivity contribution in [2.45, 2.75) is 6.54 Å². The molecule has 0 aliphatic carbocycles. The molecule has 136 valence electrons. The molecule has 15 nitrogen and oxygen atoms in total. The summed E-state index contributed by atoms with van der Waals surface area (Å²) in [4.78, 5) is 45.1. The molecule has 1 heterocycles. The molecule has 0 aliphatic rings. The van der Waals surface area contributed by atoms with E-state index in [4.69, 9.17) is 0 Å². The molecule has 0 spiro atoms. The zero-order chi connectivity index (χ0) is 19.4. The molecule has 16 heteroatoms. The van der Waals surface area contributed by atoms with Crippen molar-refractivity contribution in [1.82, 2.24) is 14.4 Å². The summed E-state index contributed by atoms with van der Waals surface area (Å²) >= 11 is 0.597. The van der Waals surface area contributed by atoms with Gasteiger partial charge in [-0.2, -0.15) is 0 Å². The van der Waals surface area contributed by atoms with Gasteiger partial charge in [-0.25, -0.2) is 9.67 Å². The van der Waals surface area contributed by atoms with Gasteiger partial charge in [0, 0.05) is 11.5 Å². The number of nitro benzene ring substituents is 3. The zero-order valence-corrected chi connectivity index (χ0v) is 13.5. The van der Waals surface area contributed by atoms with Crippen LogP contribution < -0.4 is 4.80 Å². The molecule has 0 atom stereocenters. The highest BCUT2D eigenvalue weighted by Crippen LogP contribution is 2.40. The lowest BCUT2D eigenvalue weighted by Crippen LogP contribution is -2.22. The Morgan fingerprint density at radius 1 is 1.19 bits per heavy atom. The normalized spacial score (nSPS) is 11.2. The molecular formula is C10H7N7O8S. The molecule has 0 N–H and O–H groups in total. The van der Waals surface area contributed by atoms with Gasteiger partial charge in [-0.3, -0.25) is 35.1 Å². The molecule has 26 heavy (non-hydrogen) atoms. The summed E-state index contributed by atoms with van der Waals surface area (Å²) in [5.41, 5.74) is -3.49. The Morgan fingerprint density at radius 2 is 1.77 bits per heavy atom. The fourth-order valence-electron chi connectivity index (χ4n) is 1.73. The van der Waals surface area contributed by atoms with Crippen LogP contribution in [0.5, 0.6) is 0 Å². The van der Waals surface area contributed by atoms with E-state index in [1.54, 1.807) is 0 Å². The lowest BCUT2D eigenvalue weighted by atomic mass is 10.2. The molecule has 0 amide bonds. The number of benzene rings is 1.